The van der Waals surface area contributed by atoms with E-state index in [-0.39, 0.29) is 44.1 Å². The number of hydrogen-bond donors (Lipinski definition) is 1. The number of rotatable bonds is 2. The molecule has 1 atom stereocenters. The van der Waals surface area contributed by atoms with Gasteiger partial charge in [0, 0.05) is 45.3 Å². The van der Waals surface area contributed by atoms with E-state index in [0.717, 1.165) is 17.0 Å². The fourth-order valence-electron chi connectivity index (χ4n) is 1.63. The monoisotopic (exact) mass is 351 g/mol. The Morgan fingerprint density at radius 1 is 1.47 bits per heavy atom. The number of allylic oxidation sites excluding steroid dienone is 2. The molecular formula is C14H13ClNO2Y-. The van der Waals surface area contributed by atoms with Gasteiger partial charge in [-0.05, 0) is 12.1 Å². The Labute approximate surface area is 142 Å². The number of esters is 1. The molecule has 0 fully saturated rings. The van der Waals surface area contributed by atoms with Gasteiger partial charge in [0.1, 0.15) is 5.75 Å². The third-order valence-electron chi connectivity index (χ3n) is 2.53. The Hall–Kier alpha value is -0.636. The molecule has 0 saturated carbocycles. The zero-order chi connectivity index (χ0) is 13.1. The van der Waals surface area contributed by atoms with Gasteiger partial charge >= 0.3 is 5.97 Å². The smallest absolute Gasteiger partial charge is 0.308 e. The zero-order valence-electron chi connectivity index (χ0n) is 10.6. The Morgan fingerprint density at radius 2 is 2.11 bits per heavy atom. The van der Waals surface area contributed by atoms with Gasteiger partial charge in [-0.2, -0.15) is 5.56 Å². The van der Waals surface area contributed by atoms with E-state index in [0.29, 0.717) is 12.2 Å². The van der Waals surface area contributed by atoms with Crippen LogP contribution in [0.4, 0.5) is 0 Å². The fraction of sp³-hybridized carbons (Fsp3) is 0.214. The van der Waals surface area contributed by atoms with Crippen LogP contribution in [0.3, 0.4) is 0 Å². The van der Waals surface area contributed by atoms with E-state index in [2.05, 4.69) is 18.0 Å². The molecule has 0 saturated heterocycles. The van der Waals surface area contributed by atoms with Crippen molar-refractivity contribution < 1.29 is 42.2 Å². The summed E-state index contributed by atoms with van der Waals surface area (Å²) in [5.74, 6) is 0.194. The second kappa shape index (κ2) is 7.23. The van der Waals surface area contributed by atoms with Crippen molar-refractivity contribution in [1.82, 2.24) is 5.32 Å². The summed E-state index contributed by atoms with van der Waals surface area (Å²) in [6, 6.07) is 7.19. The second-order valence-electron chi connectivity index (χ2n) is 3.99. The summed E-state index contributed by atoms with van der Waals surface area (Å²) in [6.45, 7) is 5.23. The predicted octanol–water partition coefficient (Wildman–Crippen LogP) is 2.87. The fourth-order valence-corrected chi connectivity index (χ4v) is 1.76. The van der Waals surface area contributed by atoms with Crippen LogP contribution in [0.5, 0.6) is 5.75 Å². The summed E-state index contributed by atoms with van der Waals surface area (Å²) in [7, 11) is 0. The number of alkyl halides is 1. The molecule has 3 nitrogen and oxygen atoms in total. The van der Waals surface area contributed by atoms with Crippen molar-refractivity contribution in [2.24, 2.45) is 0 Å². The first-order chi connectivity index (χ1) is 8.56. The average Bonchev–Trinajstić information content (AvgIpc) is 2.33. The molecule has 1 aliphatic heterocycles. The summed E-state index contributed by atoms with van der Waals surface area (Å²) in [5, 5.41) is 3.00. The maximum absolute atomic E-state index is 10.8. The molecule has 5 heteroatoms. The van der Waals surface area contributed by atoms with Crippen LogP contribution < -0.4 is 10.1 Å². The van der Waals surface area contributed by atoms with Crippen LogP contribution >= 0.6 is 11.6 Å². The van der Waals surface area contributed by atoms with Gasteiger partial charge in [-0.25, -0.2) is 6.08 Å². The Bertz CT molecular complexity index is 511. The van der Waals surface area contributed by atoms with E-state index in [9.17, 15) is 4.79 Å². The minimum Gasteiger partial charge on any atom is -0.427 e. The molecule has 0 bridgehead atoms. The number of benzene rings is 1. The molecular weight excluding hydrogens is 339 g/mol. The molecule has 1 radical (unpaired) electrons. The molecule has 2 rings (SSSR count). The Balaban J connectivity index is 0.00000180. The molecule has 1 aromatic rings. The van der Waals surface area contributed by atoms with Gasteiger partial charge in [-0.15, -0.1) is 29.4 Å². The van der Waals surface area contributed by atoms with Crippen molar-refractivity contribution in [2.45, 2.75) is 18.7 Å². The van der Waals surface area contributed by atoms with Crippen LogP contribution in [-0.4, -0.2) is 11.3 Å². The number of carbonyl (C=O) groups excluding carboxylic acids is 1. The standard InChI is InChI=1S/C14H13ClNO2.Y/c1-9-13(15)7-8-14(16-9)11-3-5-12(6-4-11)18-10(2)17;/h3-6,13,16H,1,7H2,2H3;/q-1;. The summed E-state index contributed by atoms with van der Waals surface area (Å²) < 4.78 is 4.97. The van der Waals surface area contributed by atoms with Gasteiger partial charge < -0.3 is 10.1 Å². The quantitative estimate of drug-likeness (QED) is 0.385. The third-order valence-corrected chi connectivity index (χ3v) is 2.94. The number of ether oxygens (including phenoxy) is 1. The van der Waals surface area contributed by atoms with E-state index >= 15 is 0 Å². The van der Waals surface area contributed by atoms with Gasteiger partial charge in [0.25, 0.3) is 0 Å². The Kier molecular flexibility index (Phi) is 6.25. The van der Waals surface area contributed by atoms with E-state index < -0.39 is 0 Å². The summed E-state index contributed by atoms with van der Waals surface area (Å²) in [6.07, 6.45) is 3.81. The molecule has 0 amide bonds. The van der Waals surface area contributed by atoms with E-state index in [4.69, 9.17) is 16.3 Å². The first-order valence-corrected chi connectivity index (χ1v) is 5.99. The first kappa shape index (κ1) is 16.4. The van der Waals surface area contributed by atoms with Crippen LogP contribution in [0.25, 0.3) is 5.70 Å². The van der Waals surface area contributed by atoms with Crippen LogP contribution in [0.1, 0.15) is 18.9 Å². The maximum Gasteiger partial charge on any atom is 0.308 e. The summed E-state index contributed by atoms with van der Waals surface area (Å²) in [4.78, 5) is 10.8. The second-order valence-corrected chi connectivity index (χ2v) is 4.52. The predicted molar refractivity (Wildman–Crippen MR) is 70.9 cm³/mol. The van der Waals surface area contributed by atoms with E-state index in [1.165, 1.54) is 6.92 Å². The van der Waals surface area contributed by atoms with Crippen LogP contribution in [0, 0.1) is 6.08 Å². The molecule has 1 aromatic carbocycles. The molecule has 0 aromatic heterocycles. The molecule has 19 heavy (non-hydrogen) atoms. The molecule has 1 N–H and O–H groups in total. The summed E-state index contributed by atoms with van der Waals surface area (Å²) in [5.41, 5.74) is 2.58. The normalized spacial score (nSPS) is 17.9. The molecule has 1 aliphatic rings. The number of nitrogens with one attached hydrogen (secondary N) is 1. The molecule has 1 heterocycles. The maximum atomic E-state index is 10.8. The van der Waals surface area contributed by atoms with Crippen LogP contribution in [-0.2, 0) is 37.5 Å². The van der Waals surface area contributed by atoms with Crippen molar-refractivity contribution >= 4 is 23.3 Å². The number of hydrogen-bond acceptors (Lipinski definition) is 3. The van der Waals surface area contributed by atoms with Crippen LogP contribution in [0.15, 0.2) is 36.5 Å². The van der Waals surface area contributed by atoms with Gasteiger partial charge in [0.2, 0.25) is 0 Å². The average molecular weight is 352 g/mol. The van der Waals surface area contributed by atoms with Gasteiger partial charge in [0.05, 0.1) is 5.38 Å². The minimum atomic E-state index is -0.331. The SMILES string of the molecule is C=C1NC(c2ccc(OC(C)=O)cc2)=[C-]CC1Cl.[Y]. The molecule has 97 valence electrons. The minimum absolute atomic E-state index is 0. The first-order valence-electron chi connectivity index (χ1n) is 5.56. The van der Waals surface area contributed by atoms with Gasteiger partial charge in [-0.3, -0.25) is 4.79 Å². The largest absolute Gasteiger partial charge is 0.427 e. The molecule has 1 unspecified atom stereocenters. The number of halogens is 1. The third kappa shape index (κ3) is 4.45. The van der Waals surface area contributed by atoms with Crippen molar-refractivity contribution in [3.63, 3.8) is 0 Å². The van der Waals surface area contributed by atoms with E-state index in [1.807, 2.05) is 12.1 Å². The Morgan fingerprint density at radius 3 is 2.63 bits per heavy atom. The topological polar surface area (TPSA) is 38.3 Å². The molecule has 0 spiro atoms. The van der Waals surface area contributed by atoms with Gasteiger partial charge in [-0.1, -0.05) is 13.0 Å². The van der Waals surface area contributed by atoms with Crippen molar-refractivity contribution in [1.29, 1.82) is 0 Å². The van der Waals surface area contributed by atoms with Crippen molar-refractivity contribution in [3.05, 3.63) is 48.2 Å². The zero-order valence-corrected chi connectivity index (χ0v) is 14.2. The molecule has 0 aliphatic carbocycles. The van der Waals surface area contributed by atoms with Crippen molar-refractivity contribution in [2.75, 3.05) is 0 Å². The van der Waals surface area contributed by atoms with Gasteiger partial charge in [0.15, 0.2) is 0 Å². The summed E-state index contributed by atoms with van der Waals surface area (Å²) >= 11 is 6.01. The number of carbonyl (C=O) groups is 1. The van der Waals surface area contributed by atoms with Crippen LogP contribution in [0.2, 0.25) is 0 Å². The van der Waals surface area contributed by atoms with Crippen molar-refractivity contribution in [3.8, 4) is 5.75 Å². The van der Waals surface area contributed by atoms with E-state index in [1.54, 1.807) is 12.1 Å².